The number of hydrogen-bond acceptors (Lipinski definition) is 2. The first-order chi connectivity index (χ1) is 11.0. The fourth-order valence-electron chi connectivity index (χ4n) is 2.16. The normalized spacial score (nSPS) is 13.2. The third-order valence-corrected chi connectivity index (χ3v) is 3.81. The number of carbonyl (C=O) groups is 1. The number of amides is 1. The van der Waals surface area contributed by atoms with E-state index in [9.17, 15) is 9.18 Å². The Morgan fingerprint density at radius 3 is 2.48 bits per heavy atom. The maximum absolute atomic E-state index is 13.0. The standard InChI is InChI=1S/C18H19ClFNO2/c1-3-16(23-17-7-5-4-6-15(17)19)18(22)21-12(2)13-8-10-14(20)11-9-13/h4-12,16H,3H2,1-2H3,(H,21,22)/t12-,16+/m1/s1. The molecule has 122 valence electrons. The van der Waals surface area contributed by atoms with Gasteiger partial charge in [0.2, 0.25) is 0 Å². The summed E-state index contributed by atoms with van der Waals surface area (Å²) in [5.41, 5.74) is 0.826. The van der Waals surface area contributed by atoms with Crippen molar-refractivity contribution in [1.29, 1.82) is 0 Å². The lowest BCUT2D eigenvalue weighted by Crippen LogP contribution is -2.39. The predicted molar refractivity (Wildman–Crippen MR) is 89.1 cm³/mol. The van der Waals surface area contributed by atoms with Crippen LogP contribution in [0.3, 0.4) is 0 Å². The summed E-state index contributed by atoms with van der Waals surface area (Å²) in [6.45, 7) is 3.71. The van der Waals surface area contributed by atoms with Gasteiger partial charge >= 0.3 is 0 Å². The zero-order chi connectivity index (χ0) is 16.8. The fourth-order valence-corrected chi connectivity index (χ4v) is 2.34. The molecule has 0 bridgehead atoms. The van der Waals surface area contributed by atoms with Gasteiger partial charge in [-0.25, -0.2) is 4.39 Å². The van der Waals surface area contributed by atoms with Gasteiger partial charge in [-0.3, -0.25) is 4.79 Å². The van der Waals surface area contributed by atoms with Crippen LogP contribution in [0.2, 0.25) is 5.02 Å². The van der Waals surface area contributed by atoms with Crippen molar-refractivity contribution in [3.63, 3.8) is 0 Å². The van der Waals surface area contributed by atoms with Gasteiger partial charge < -0.3 is 10.1 Å². The van der Waals surface area contributed by atoms with Crippen molar-refractivity contribution in [2.75, 3.05) is 0 Å². The van der Waals surface area contributed by atoms with Crippen LogP contribution < -0.4 is 10.1 Å². The van der Waals surface area contributed by atoms with Gasteiger partial charge in [0.05, 0.1) is 11.1 Å². The zero-order valence-corrected chi connectivity index (χ0v) is 13.8. The van der Waals surface area contributed by atoms with Crippen LogP contribution in [-0.4, -0.2) is 12.0 Å². The van der Waals surface area contributed by atoms with E-state index in [0.717, 1.165) is 5.56 Å². The van der Waals surface area contributed by atoms with Crippen molar-refractivity contribution < 1.29 is 13.9 Å². The lowest BCUT2D eigenvalue weighted by atomic mass is 10.1. The Kier molecular flexibility index (Phi) is 5.99. The molecule has 2 rings (SSSR count). The van der Waals surface area contributed by atoms with Crippen molar-refractivity contribution >= 4 is 17.5 Å². The highest BCUT2D eigenvalue weighted by Gasteiger charge is 2.21. The minimum absolute atomic E-state index is 0.232. The highest BCUT2D eigenvalue weighted by Crippen LogP contribution is 2.25. The molecule has 0 unspecified atom stereocenters. The highest BCUT2D eigenvalue weighted by atomic mass is 35.5. The molecule has 0 saturated carbocycles. The maximum Gasteiger partial charge on any atom is 0.261 e. The molecule has 2 aromatic rings. The van der Waals surface area contributed by atoms with Crippen LogP contribution >= 0.6 is 11.6 Å². The van der Waals surface area contributed by atoms with E-state index in [0.29, 0.717) is 17.2 Å². The van der Waals surface area contributed by atoms with Crippen LogP contribution in [0.5, 0.6) is 5.75 Å². The first kappa shape index (κ1) is 17.3. The summed E-state index contributed by atoms with van der Waals surface area (Å²) in [5.74, 6) is -0.0596. The van der Waals surface area contributed by atoms with Gasteiger partial charge in [-0.1, -0.05) is 42.8 Å². The number of nitrogens with one attached hydrogen (secondary N) is 1. The number of rotatable bonds is 6. The Morgan fingerprint density at radius 2 is 1.87 bits per heavy atom. The van der Waals surface area contributed by atoms with Crippen LogP contribution in [0, 0.1) is 5.82 Å². The fraction of sp³-hybridized carbons (Fsp3) is 0.278. The summed E-state index contributed by atoms with van der Waals surface area (Å²) in [7, 11) is 0. The molecule has 1 N–H and O–H groups in total. The number of benzene rings is 2. The van der Waals surface area contributed by atoms with E-state index < -0.39 is 6.10 Å². The molecule has 0 heterocycles. The largest absolute Gasteiger partial charge is 0.479 e. The van der Waals surface area contributed by atoms with E-state index >= 15 is 0 Å². The molecule has 1 amide bonds. The Hall–Kier alpha value is -2.07. The molecule has 0 radical (unpaired) electrons. The van der Waals surface area contributed by atoms with E-state index in [4.69, 9.17) is 16.3 Å². The van der Waals surface area contributed by atoms with Crippen LogP contribution in [0.4, 0.5) is 4.39 Å². The number of hydrogen-bond donors (Lipinski definition) is 1. The lowest BCUT2D eigenvalue weighted by molar-refractivity contribution is -0.128. The second kappa shape index (κ2) is 7.97. The number of carbonyl (C=O) groups excluding carboxylic acids is 1. The molecule has 5 heteroatoms. The molecule has 23 heavy (non-hydrogen) atoms. The van der Waals surface area contributed by atoms with Gasteiger partial charge in [0.15, 0.2) is 6.10 Å². The Balaban J connectivity index is 2.02. The van der Waals surface area contributed by atoms with Crippen LogP contribution in [0.15, 0.2) is 48.5 Å². The topological polar surface area (TPSA) is 38.3 Å². The third-order valence-electron chi connectivity index (χ3n) is 3.50. The minimum Gasteiger partial charge on any atom is -0.479 e. The second-order valence-corrected chi connectivity index (χ2v) is 5.63. The molecular formula is C18H19ClFNO2. The smallest absolute Gasteiger partial charge is 0.261 e. The molecule has 0 aliphatic rings. The SMILES string of the molecule is CC[C@H](Oc1ccccc1Cl)C(=O)N[C@H](C)c1ccc(F)cc1. The quantitative estimate of drug-likeness (QED) is 0.843. The zero-order valence-electron chi connectivity index (χ0n) is 13.1. The van der Waals surface area contributed by atoms with Gasteiger partial charge in [0.1, 0.15) is 11.6 Å². The van der Waals surface area contributed by atoms with E-state index in [-0.39, 0.29) is 17.8 Å². The summed E-state index contributed by atoms with van der Waals surface area (Å²) in [6, 6.07) is 12.8. The van der Waals surface area contributed by atoms with Crippen molar-refractivity contribution in [1.82, 2.24) is 5.32 Å². The van der Waals surface area contributed by atoms with Gasteiger partial charge in [0, 0.05) is 0 Å². The number of para-hydroxylation sites is 1. The number of ether oxygens (including phenoxy) is 1. The predicted octanol–water partition coefficient (Wildman–Crippen LogP) is 4.51. The molecule has 0 aliphatic heterocycles. The molecule has 0 fully saturated rings. The maximum atomic E-state index is 13.0. The highest BCUT2D eigenvalue weighted by molar-refractivity contribution is 6.32. The van der Waals surface area contributed by atoms with Gasteiger partial charge in [-0.05, 0) is 43.2 Å². The monoisotopic (exact) mass is 335 g/mol. The Bertz CT molecular complexity index is 660. The second-order valence-electron chi connectivity index (χ2n) is 5.23. The molecule has 2 atom stereocenters. The van der Waals surface area contributed by atoms with Crippen molar-refractivity contribution in [2.24, 2.45) is 0 Å². The first-order valence-electron chi connectivity index (χ1n) is 7.48. The summed E-state index contributed by atoms with van der Waals surface area (Å²) >= 11 is 6.05. The van der Waals surface area contributed by atoms with Crippen molar-refractivity contribution in [3.8, 4) is 5.75 Å². The van der Waals surface area contributed by atoms with E-state index in [2.05, 4.69) is 5.32 Å². The molecule has 0 saturated heterocycles. The molecule has 3 nitrogen and oxygen atoms in total. The summed E-state index contributed by atoms with van der Waals surface area (Å²) in [5, 5.41) is 3.34. The summed E-state index contributed by atoms with van der Waals surface area (Å²) in [4.78, 5) is 12.4. The van der Waals surface area contributed by atoms with Gasteiger partial charge in [-0.15, -0.1) is 0 Å². The molecule has 0 aliphatic carbocycles. The average Bonchev–Trinajstić information content (AvgIpc) is 2.54. The van der Waals surface area contributed by atoms with E-state index in [1.54, 1.807) is 36.4 Å². The average molecular weight is 336 g/mol. The Morgan fingerprint density at radius 1 is 1.22 bits per heavy atom. The Labute approximate surface area is 140 Å². The van der Waals surface area contributed by atoms with Crippen molar-refractivity contribution in [2.45, 2.75) is 32.4 Å². The summed E-state index contributed by atoms with van der Waals surface area (Å²) < 4.78 is 18.7. The molecule has 2 aromatic carbocycles. The van der Waals surface area contributed by atoms with Crippen LogP contribution in [-0.2, 0) is 4.79 Å². The molecular weight excluding hydrogens is 317 g/mol. The first-order valence-corrected chi connectivity index (χ1v) is 7.86. The molecule has 0 spiro atoms. The van der Waals surface area contributed by atoms with Crippen LogP contribution in [0.1, 0.15) is 31.9 Å². The summed E-state index contributed by atoms with van der Waals surface area (Å²) in [6.07, 6.45) is -0.134. The van der Waals surface area contributed by atoms with E-state index in [1.807, 2.05) is 13.8 Å². The number of halogens is 2. The van der Waals surface area contributed by atoms with E-state index in [1.165, 1.54) is 12.1 Å². The van der Waals surface area contributed by atoms with Gasteiger partial charge in [-0.2, -0.15) is 0 Å². The third kappa shape index (κ3) is 4.70. The lowest BCUT2D eigenvalue weighted by Gasteiger charge is -2.21. The minimum atomic E-state index is -0.641. The van der Waals surface area contributed by atoms with Crippen LogP contribution in [0.25, 0.3) is 0 Å². The van der Waals surface area contributed by atoms with Crippen molar-refractivity contribution in [3.05, 3.63) is 64.9 Å². The molecule has 0 aromatic heterocycles. The van der Waals surface area contributed by atoms with Gasteiger partial charge in [0.25, 0.3) is 5.91 Å².